The molecule has 7 heteroatoms. The Labute approximate surface area is 136 Å². The van der Waals surface area contributed by atoms with E-state index in [0.717, 1.165) is 33.2 Å². The van der Waals surface area contributed by atoms with Crippen molar-refractivity contribution in [3.8, 4) is 0 Å². The number of amides is 1. The summed E-state index contributed by atoms with van der Waals surface area (Å²) in [4.78, 5) is 12.0. The average molecular weight is 369 g/mol. The van der Waals surface area contributed by atoms with Crippen molar-refractivity contribution < 1.29 is 4.79 Å². The molecule has 1 aromatic heterocycles. The van der Waals surface area contributed by atoms with E-state index in [1.54, 1.807) is 0 Å². The molecule has 2 aromatic rings. The number of aromatic nitrogens is 3. The predicted molar refractivity (Wildman–Crippen MR) is 88.7 cm³/mol. The fourth-order valence-electron chi connectivity index (χ4n) is 1.87. The maximum Gasteiger partial charge on any atom is 0.234 e. The summed E-state index contributed by atoms with van der Waals surface area (Å²) in [5.74, 6) is 1.10. The Kier molecular flexibility index (Phi) is 5.41. The molecular weight excluding hydrogens is 352 g/mol. The molecule has 0 radical (unpaired) electrons. The second-order valence-electron chi connectivity index (χ2n) is 4.59. The maximum absolute atomic E-state index is 12.0. The fraction of sp³-hybridized carbons (Fsp3) is 0.357. The van der Waals surface area contributed by atoms with Gasteiger partial charge >= 0.3 is 0 Å². The van der Waals surface area contributed by atoms with Crippen LogP contribution in [0.3, 0.4) is 0 Å². The third kappa shape index (κ3) is 4.07. The van der Waals surface area contributed by atoms with E-state index in [1.165, 1.54) is 11.8 Å². The molecule has 0 atom stereocenters. The number of hydrogen-bond acceptors (Lipinski definition) is 4. The summed E-state index contributed by atoms with van der Waals surface area (Å²) in [5.41, 5.74) is 1.92. The first-order chi connectivity index (χ1) is 10.0. The van der Waals surface area contributed by atoms with Gasteiger partial charge in [-0.05, 0) is 54.4 Å². The Morgan fingerprint density at radius 2 is 2.14 bits per heavy atom. The summed E-state index contributed by atoms with van der Waals surface area (Å²) in [6, 6.07) is 5.82. The molecule has 21 heavy (non-hydrogen) atoms. The van der Waals surface area contributed by atoms with Gasteiger partial charge in [0, 0.05) is 11.0 Å². The highest BCUT2D eigenvalue weighted by Gasteiger charge is 2.11. The number of aryl methyl sites for hydroxylation is 2. The van der Waals surface area contributed by atoms with Gasteiger partial charge in [0.05, 0.1) is 11.4 Å². The predicted octanol–water partition coefficient (Wildman–Crippen LogP) is 3.41. The van der Waals surface area contributed by atoms with Crippen LogP contribution in [0, 0.1) is 13.8 Å². The molecule has 0 unspecified atom stereocenters. The number of hydrogen-bond donors (Lipinski definition) is 1. The fourth-order valence-corrected chi connectivity index (χ4v) is 3.31. The topological polar surface area (TPSA) is 59.8 Å². The SMILES string of the molecule is CCn1c(C)nnc1SCC(=O)Nc1ccc(C)cc1Br. The zero-order valence-corrected chi connectivity index (χ0v) is 14.6. The standard InChI is InChI=1S/C14H17BrN4OS/c1-4-19-10(3)17-18-14(19)21-8-13(20)16-12-6-5-9(2)7-11(12)15/h5-7H,4,8H2,1-3H3,(H,16,20). The summed E-state index contributed by atoms with van der Waals surface area (Å²) >= 11 is 4.84. The van der Waals surface area contributed by atoms with Crippen molar-refractivity contribution in [3.63, 3.8) is 0 Å². The molecule has 5 nitrogen and oxygen atoms in total. The lowest BCUT2D eigenvalue weighted by Crippen LogP contribution is -2.15. The average Bonchev–Trinajstić information content (AvgIpc) is 2.80. The van der Waals surface area contributed by atoms with Crippen LogP contribution in [0.2, 0.25) is 0 Å². The first-order valence-corrected chi connectivity index (χ1v) is 8.37. The minimum Gasteiger partial charge on any atom is -0.324 e. The quantitative estimate of drug-likeness (QED) is 0.821. The summed E-state index contributed by atoms with van der Waals surface area (Å²) in [5, 5.41) is 11.8. The number of nitrogens with one attached hydrogen (secondary N) is 1. The third-order valence-corrected chi connectivity index (χ3v) is 4.57. The van der Waals surface area contributed by atoms with Gasteiger partial charge in [0.15, 0.2) is 5.16 Å². The van der Waals surface area contributed by atoms with E-state index in [2.05, 4.69) is 31.4 Å². The summed E-state index contributed by atoms with van der Waals surface area (Å²) in [6.07, 6.45) is 0. The molecule has 2 rings (SSSR count). The van der Waals surface area contributed by atoms with Gasteiger partial charge in [0.25, 0.3) is 0 Å². The second kappa shape index (κ2) is 7.09. The van der Waals surface area contributed by atoms with Gasteiger partial charge in [-0.15, -0.1) is 10.2 Å². The summed E-state index contributed by atoms with van der Waals surface area (Å²) in [7, 11) is 0. The zero-order chi connectivity index (χ0) is 15.4. The lowest BCUT2D eigenvalue weighted by molar-refractivity contribution is -0.113. The van der Waals surface area contributed by atoms with Crippen molar-refractivity contribution in [2.45, 2.75) is 32.5 Å². The smallest absolute Gasteiger partial charge is 0.234 e. The van der Waals surface area contributed by atoms with Crippen LogP contribution < -0.4 is 5.32 Å². The molecule has 1 aromatic carbocycles. The minimum atomic E-state index is -0.0622. The lowest BCUT2D eigenvalue weighted by atomic mass is 10.2. The van der Waals surface area contributed by atoms with Crippen LogP contribution in [0.25, 0.3) is 0 Å². The van der Waals surface area contributed by atoms with E-state index in [-0.39, 0.29) is 5.91 Å². The van der Waals surface area contributed by atoms with Crippen LogP contribution in [0.15, 0.2) is 27.8 Å². The van der Waals surface area contributed by atoms with Crippen LogP contribution in [0.1, 0.15) is 18.3 Å². The van der Waals surface area contributed by atoms with Crippen molar-refractivity contribution >= 4 is 39.3 Å². The van der Waals surface area contributed by atoms with Crippen molar-refractivity contribution in [1.29, 1.82) is 0 Å². The monoisotopic (exact) mass is 368 g/mol. The molecule has 1 amide bonds. The first kappa shape index (κ1) is 16.0. The summed E-state index contributed by atoms with van der Waals surface area (Å²) in [6.45, 7) is 6.74. The van der Waals surface area contributed by atoms with Gasteiger partial charge in [0.2, 0.25) is 5.91 Å². The molecule has 0 aliphatic rings. The second-order valence-corrected chi connectivity index (χ2v) is 6.39. The Morgan fingerprint density at radius 1 is 1.38 bits per heavy atom. The van der Waals surface area contributed by atoms with E-state index in [1.807, 2.05) is 43.5 Å². The highest BCUT2D eigenvalue weighted by atomic mass is 79.9. The van der Waals surface area contributed by atoms with Crippen LogP contribution in [0.5, 0.6) is 0 Å². The highest BCUT2D eigenvalue weighted by Crippen LogP contribution is 2.24. The molecule has 0 fully saturated rings. The summed E-state index contributed by atoms with van der Waals surface area (Å²) < 4.78 is 2.87. The highest BCUT2D eigenvalue weighted by molar-refractivity contribution is 9.10. The van der Waals surface area contributed by atoms with Crippen LogP contribution in [-0.4, -0.2) is 26.4 Å². The number of carbonyl (C=O) groups excluding carboxylic acids is 1. The van der Waals surface area contributed by atoms with E-state index in [4.69, 9.17) is 0 Å². The number of thioether (sulfide) groups is 1. The number of benzene rings is 1. The van der Waals surface area contributed by atoms with Gasteiger partial charge in [-0.2, -0.15) is 0 Å². The molecule has 0 saturated carbocycles. The van der Waals surface area contributed by atoms with Crippen molar-refractivity contribution in [2.24, 2.45) is 0 Å². The molecule has 0 bridgehead atoms. The molecular formula is C14H17BrN4OS. The molecule has 0 spiro atoms. The van der Waals surface area contributed by atoms with Crippen LogP contribution in [0.4, 0.5) is 5.69 Å². The van der Waals surface area contributed by atoms with Crippen molar-refractivity contribution in [2.75, 3.05) is 11.1 Å². The van der Waals surface area contributed by atoms with Crippen LogP contribution >= 0.6 is 27.7 Å². The molecule has 0 aliphatic carbocycles. The van der Waals surface area contributed by atoms with E-state index in [9.17, 15) is 4.79 Å². The van der Waals surface area contributed by atoms with Crippen LogP contribution in [-0.2, 0) is 11.3 Å². The van der Waals surface area contributed by atoms with Crippen molar-refractivity contribution in [1.82, 2.24) is 14.8 Å². The first-order valence-electron chi connectivity index (χ1n) is 6.60. The van der Waals surface area contributed by atoms with Crippen molar-refractivity contribution in [3.05, 3.63) is 34.1 Å². The van der Waals surface area contributed by atoms with Gasteiger partial charge in [0.1, 0.15) is 5.82 Å². The molecule has 1 heterocycles. The Morgan fingerprint density at radius 3 is 2.81 bits per heavy atom. The molecule has 1 N–H and O–H groups in total. The maximum atomic E-state index is 12.0. The zero-order valence-electron chi connectivity index (χ0n) is 12.2. The number of anilines is 1. The van der Waals surface area contributed by atoms with Gasteiger partial charge in [-0.25, -0.2) is 0 Å². The Balaban J connectivity index is 1.96. The van der Waals surface area contributed by atoms with E-state index < -0.39 is 0 Å². The normalized spacial score (nSPS) is 10.7. The minimum absolute atomic E-state index is 0.0622. The molecule has 112 valence electrons. The number of carbonyl (C=O) groups is 1. The Bertz CT molecular complexity index is 656. The molecule has 0 aliphatic heterocycles. The number of nitrogens with zero attached hydrogens (tertiary/aromatic N) is 3. The third-order valence-electron chi connectivity index (χ3n) is 2.95. The number of halogens is 1. The molecule has 0 saturated heterocycles. The lowest BCUT2D eigenvalue weighted by Gasteiger charge is -2.08. The van der Waals surface area contributed by atoms with Gasteiger partial charge < -0.3 is 9.88 Å². The Hall–Kier alpha value is -1.34. The van der Waals surface area contributed by atoms with E-state index >= 15 is 0 Å². The number of rotatable bonds is 5. The van der Waals surface area contributed by atoms with Gasteiger partial charge in [-0.1, -0.05) is 17.8 Å². The van der Waals surface area contributed by atoms with E-state index in [0.29, 0.717) is 5.75 Å². The van der Waals surface area contributed by atoms with Gasteiger partial charge in [-0.3, -0.25) is 4.79 Å². The largest absolute Gasteiger partial charge is 0.324 e.